The summed E-state index contributed by atoms with van der Waals surface area (Å²) >= 11 is 0. The third-order valence-corrected chi connectivity index (χ3v) is 5.92. The Balaban J connectivity index is 1.47. The van der Waals surface area contributed by atoms with E-state index in [1.165, 1.54) is 0 Å². The maximum absolute atomic E-state index is 12.2. The number of anilines is 1. The van der Waals surface area contributed by atoms with Crippen LogP contribution in [0.1, 0.15) is 12.8 Å². The molecule has 1 amide bonds. The molecule has 0 unspecified atom stereocenters. The molecule has 7 heteroatoms. The molecule has 1 N–H and O–H groups in total. The molecule has 148 valence electrons. The van der Waals surface area contributed by atoms with Gasteiger partial charge in [-0.25, -0.2) is 8.42 Å². The topological polar surface area (TPSA) is 88.0 Å². The maximum Gasteiger partial charge on any atom is 0.224 e. The normalized spacial score (nSPS) is 11.4. The maximum atomic E-state index is 12.2. The van der Waals surface area contributed by atoms with Crippen LogP contribution in [0.25, 0.3) is 0 Å². The van der Waals surface area contributed by atoms with E-state index in [0.717, 1.165) is 5.69 Å². The first kappa shape index (κ1) is 20.4. The van der Waals surface area contributed by atoms with Gasteiger partial charge in [0.1, 0.15) is 0 Å². The smallest absolute Gasteiger partial charge is 0.224 e. The van der Waals surface area contributed by atoms with Crippen molar-refractivity contribution in [3.8, 4) is 0 Å². The highest BCUT2D eigenvalue weighted by atomic mass is 32.2. The Morgan fingerprint density at radius 1 is 0.759 bits per heavy atom. The number of carbonyl (C=O) groups excluding carboxylic acids is 1. The molecular formula is C22H21N3O3S. The number of amides is 1. The predicted octanol–water partition coefficient (Wildman–Crippen LogP) is 5.29. The van der Waals surface area contributed by atoms with E-state index >= 15 is 0 Å². The second-order valence-electron chi connectivity index (χ2n) is 6.37. The number of nitrogens with zero attached hydrogens (tertiary/aromatic N) is 2. The van der Waals surface area contributed by atoms with Gasteiger partial charge < -0.3 is 5.32 Å². The lowest BCUT2D eigenvalue weighted by Crippen LogP contribution is -2.14. The van der Waals surface area contributed by atoms with E-state index in [-0.39, 0.29) is 29.4 Å². The largest absolute Gasteiger partial charge is 0.326 e. The van der Waals surface area contributed by atoms with Crippen LogP contribution in [0, 0.1) is 0 Å². The minimum absolute atomic E-state index is 0.0662. The van der Waals surface area contributed by atoms with Crippen molar-refractivity contribution in [3.05, 3.63) is 84.9 Å². The van der Waals surface area contributed by atoms with E-state index in [1.807, 2.05) is 30.3 Å². The number of sulfone groups is 1. The van der Waals surface area contributed by atoms with Crippen LogP contribution >= 0.6 is 0 Å². The summed E-state index contributed by atoms with van der Waals surface area (Å²) in [7, 11) is -3.37. The number of carbonyl (C=O) groups is 1. The number of hydrogen-bond donors (Lipinski definition) is 1. The molecule has 0 aliphatic heterocycles. The van der Waals surface area contributed by atoms with Crippen molar-refractivity contribution < 1.29 is 13.2 Å². The van der Waals surface area contributed by atoms with Crippen LogP contribution < -0.4 is 5.32 Å². The minimum atomic E-state index is -3.37. The quantitative estimate of drug-likeness (QED) is 0.514. The molecule has 0 radical (unpaired) electrons. The van der Waals surface area contributed by atoms with E-state index < -0.39 is 9.84 Å². The summed E-state index contributed by atoms with van der Waals surface area (Å²) in [6, 6.07) is 24.6. The Labute approximate surface area is 170 Å². The van der Waals surface area contributed by atoms with Crippen molar-refractivity contribution >= 4 is 32.8 Å². The molecular weight excluding hydrogens is 386 g/mol. The first-order valence-electron chi connectivity index (χ1n) is 9.17. The summed E-state index contributed by atoms with van der Waals surface area (Å²) in [6.07, 6.45) is 0.383. The molecule has 0 aromatic heterocycles. The Morgan fingerprint density at radius 3 is 1.93 bits per heavy atom. The van der Waals surface area contributed by atoms with Gasteiger partial charge >= 0.3 is 0 Å². The summed E-state index contributed by atoms with van der Waals surface area (Å²) in [6.45, 7) is 0. The van der Waals surface area contributed by atoms with Crippen LogP contribution in [0.15, 0.2) is 100 Å². The monoisotopic (exact) mass is 407 g/mol. The molecule has 0 atom stereocenters. The molecule has 3 aromatic carbocycles. The van der Waals surface area contributed by atoms with E-state index in [0.29, 0.717) is 11.4 Å². The van der Waals surface area contributed by atoms with Crippen molar-refractivity contribution in [1.29, 1.82) is 0 Å². The molecule has 0 saturated carbocycles. The van der Waals surface area contributed by atoms with Gasteiger partial charge in [-0.3, -0.25) is 4.79 Å². The summed E-state index contributed by atoms with van der Waals surface area (Å²) in [5.74, 6) is -0.296. The lowest BCUT2D eigenvalue weighted by atomic mass is 10.2. The summed E-state index contributed by atoms with van der Waals surface area (Å²) < 4.78 is 24.4. The SMILES string of the molecule is O=C(CCCS(=O)(=O)c1ccccc1)Nc1ccc(N=Nc2ccccc2)cc1. The highest BCUT2D eigenvalue weighted by Crippen LogP contribution is 2.20. The first-order valence-corrected chi connectivity index (χ1v) is 10.8. The molecule has 0 aliphatic rings. The van der Waals surface area contributed by atoms with Crippen LogP contribution in [0.4, 0.5) is 17.1 Å². The minimum Gasteiger partial charge on any atom is -0.326 e. The molecule has 0 heterocycles. The fourth-order valence-corrected chi connectivity index (χ4v) is 3.95. The van der Waals surface area contributed by atoms with E-state index in [2.05, 4.69) is 15.5 Å². The summed E-state index contributed by atoms with van der Waals surface area (Å²) in [5, 5.41) is 11.0. The standard InChI is InChI=1S/C22H21N3O3S/c26-22(12-7-17-29(27,28)21-10-5-2-6-11-21)23-18-13-15-20(16-14-18)25-24-19-8-3-1-4-9-19/h1-6,8-11,13-16H,7,12,17H2,(H,23,26). The fraction of sp³-hybridized carbons (Fsp3) is 0.136. The second-order valence-corrected chi connectivity index (χ2v) is 8.48. The molecule has 0 aliphatic carbocycles. The molecule has 0 spiro atoms. The Morgan fingerprint density at radius 2 is 1.31 bits per heavy atom. The third-order valence-electron chi connectivity index (χ3n) is 4.11. The number of azo groups is 1. The van der Waals surface area contributed by atoms with Gasteiger partial charge in [-0.15, -0.1) is 0 Å². The van der Waals surface area contributed by atoms with Gasteiger partial charge in [-0.2, -0.15) is 10.2 Å². The van der Waals surface area contributed by atoms with Crippen LogP contribution in [0.2, 0.25) is 0 Å². The Kier molecular flexibility index (Phi) is 6.86. The molecule has 0 fully saturated rings. The lowest BCUT2D eigenvalue weighted by molar-refractivity contribution is -0.116. The van der Waals surface area contributed by atoms with E-state index in [1.54, 1.807) is 54.6 Å². The van der Waals surface area contributed by atoms with Crippen LogP contribution in [-0.2, 0) is 14.6 Å². The molecule has 3 rings (SSSR count). The van der Waals surface area contributed by atoms with Gasteiger partial charge in [0.15, 0.2) is 9.84 Å². The van der Waals surface area contributed by atoms with Crippen molar-refractivity contribution in [2.45, 2.75) is 17.7 Å². The average molecular weight is 407 g/mol. The molecule has 3 aromatic rings. The van der Waals surface area contributed by atoms with Crippen LogP contribution in [0.5, 0.6) is 0 Å². The summed E-state index contributed by atoms with van der Waals surface area (Å²) in [5.41, 5.74) is 2.05. The Hall–Kier alpha value is -3.32. The van der Waals surface area contributed by atoms with Gasteiger partial charge in [0.2, 0.25) is 5.91 Å². The number of rotatable bonds is 8. The van der Waals surface area contributed by atoms with E-state index in [9.17, 15) is 13.2 Å². The zero-order valence-electron chi connectivity index (χ0n) is 15.7. The molecule has 0 bridgehead atoms. The highest BCUT2D eigenvalue weighted by Gasteiger charge is 2.14. The number of benzene rings is 3. The van der Waals surface area contributed by atoms with Crippen molar-refractivity contribution in [1.82, 2.24) is 0 Å². The van der Waals surface area contributed by atoms with Crippen molar-refractivity contribution in [2.24, 2.45) is 10.2 Å². The number of nitrogens with one attached hydrogen (secondary N) is 1. The van der Waals surface area contributed by atoms with Gasteiger partial charge in [0.05, 0.1) is 22.0 Å². The predicted molar refractivity (Wildman–Crippen MR) is 113 cm³/mol. The summed E-state index contributed by atoms with van der Waals surface area (Å²) in [4.78, 5) is 12.4. The molecule has 0 saturated heterocycles. The van der Waals surface area contributed by atoms with Crippen molar-refractivity contribution in [2.75, 3.05) is 11.1 Å². The second kappa shape index (κ2) is 9.75. The van der Waals surface area contributed by atoms with Gasteiger partial charge in [-0.1, -0.05) is 36.4 Å². The third kappa shape index (κ3) is 6.36. The fourth-order valence-electron chi connectivity index (χ4n) is 2.61. The zero-order chi connectivity index (χ0) is 20.5. The first-order chi connectivity index (χ1) is 14.0. The zero-order valence-corrected chi connectivity index (χ0v) is 16.5. The molecule has 6 nitrogen and oxygen atoms in total. The van der Waals surface area contributed by atoms with Gasteiger partial charge in [0.25, 0.3) is 0 Å². The van der Waals surface area contributed by atoms with Gasteiger partial charge in [-0.05, 0) is 55.0 Å². The highest BCUT2D eigenvalue weighted by molar-refractivity contribution is 7.91. The van der Waals surface area contributed by atoms with Gasteiger partial charge in [0, 0.05) is 12.1 Å². The number of hydrogen-bond acceptors (Lipinski definition) is 5. The van der Waals surface area contributed by atoms with Crippen LogP contribution in [0.3, 0.4) is 0 Å². The molecule has 29 heavy (non-hydrogen) atoms. The Bertz CT molecular complexity index is 1070. The average Bonchev–Trinajstić information content (AvgIpc) is 2.74. The lowest BCUT2D eigenvalue weighted by Gasteiger charge is -2.06. The van der Waals surface area contributed by atoms with Crippen molar-refractivity contribution in [3.63, 3.8) is 0 Å². The van der Waals surface area contributed by atoms with Crippen LogP contribution in [-0.4, -0.2) is 20.1 Å². The van der Waals surface area contributed by atoms with E-state index in [4.69, 9.17) is 0 Å².